The summed E-state index contributed by atoms with van der Waals surface area (Å²) in [7, 11) is 0. The SMILES string of the molecule is C=C1NC2(CCC2)COc2ncc(F)cc2CN2c3nc4c1cnn4cc3OC[C@H]2C. The van der Waals surface area contributed by atoms with Gasteiger partial charge in [-0.15, -0.1) is 0 Å². The molecule has 160 valence electrons. The third-order valence-electron chi connectivity index (χ3n) is 6.49. The van der Waals surface area contributed by atoms with Crippen LogP contribution < -0.4 is 19.7 Å². The van der Waals surface area contributed by atoms with Gasteiger partial charge in [0.05, 0.1) is 42.3 Å². The molecule has 1 spiro atoms. The molecule has 2 aliphatic heterocycles. The predicted molar refractivity (Wildman–Crippen MR) is 113 cm³/mol. The number of nitrogens with one attached hydrogen (secondary N) is 1. The molecule has 5 heterocycles. The number of halogens is 1. The van der Waals surface area contributed by atoms with Crippen molar-refractivity contribution < 1.29 is 13.9 Å². The van der Waals surface area contributed by atoms with E-state index in [0.29, 0.717) is 48.4 Å². The van der Waals surface area contributed by atoms with Crippen molar-refractivity contribution in [3.8, 4) is 11.6 Å². The van der Waals surface area contributed by atoms with Crippen LogP contribution in [-0.4, -0.2) is 44.4 Å². The first-order valence-corrected chi connectivity index (χ1v) is 10.5. The Morgan fingerprint density at radius 3 is 2.97 bits per heavy atom. The third kappa shape index (κ3) is 2.90. The largest absolute Gasteiger partial charge is 0.486 e. The summed E-state index contributed by atoms with van der Waals surface area (Å²) in [4.78, 5) is 11.3. The van der Waals surface area contributed by atoms with Gasteiger partial charge in [-0.25, -0.2) is 18.9 Å². The number of ether oxygens (including phenoxy) is 2. The van der Waals surface area contributed by atoms with Gasteiger partial charge in [0.25, 0.3) is 0 Å². The molecule has 1 fully saturated rings. The fraction of sp³-hybridized carbons (Fsp3) is 0.409. The highest BCUT2D eigenvalue weighted by Crippen LogP contribution is 2.38. The first-order valence-electron chi connectivity index (χ1n) is 10.5. The Morgan fingerprint density at radius 1 is 1.29 bits per heavy atom. The number of nitrogens with zero attached hydrogens (tertiary/aromatic N) is 5. The fourth-order valence-corrected chi connectivity index (χ4v) is 4.54. The highest BCUT2D eigenvalue weighted by atomic mass is 19.1. The molecule has 31 heavy (non-hydrogen) atoms. The predicted octanol–water partition coefficient (Wildman–Crippen LogP) is 2.93. The fourth-order valence-electron chi connectivity index (χ4n) is 4.54. The van der Waals surface area contributed by atoms with E-state index in [9.17, 15) is 4.39 Å². The lowest BCUT2D eigenvalue weighted by Crippen LogP contribution is -2.54. The molecule has 6 rings (SSSR count). The normalized spacial score (nSPS) is 21.8. The second-order valence-electron chi connectivity index (χ2n) is 8.69. The smallest absolute Gasteiger partial charge is 0.218 e. The Balaban J connectivity index is 1.54. The molecule has 8 nitrogen and oxygen atoms in total. The van der Waals surface area contributed by atoms with Crippen molar-refractivity contribution in [1.29, 1.82) is 0 Å². The van der Waals surface area contributed by atoms with Crippen LogP contribution in [0.15, 0.2) is 31.2 Å². The van der Waals surface area contributed by atoms with Crippen molar-refractivity contribution in [1.82, 2.24) is 24.9 Å². The molecule has 1 N–H and O–H groups in total. The van der Waals surface area contributed by atoms with Gasteiger partial charge in [0.15, 0.2) is 17.2 Å². The van der Waals surface area contributed by atoms with Gasteiger partial charge in [-0.05, 0) is 32.3 Å². The van der Waals surface area contributed by atoms with E-state index >= 15 is 0 Å². The van der Waals surface area contributed by atoms with E-state index in [1.54, 1.807) is 10.7 Å². The maximum absolute atomic E-state index is 14.1. The summed E-state index contributed by atoms with van der Waals surface area (Å²) >= 11 is 0. The molecule has 0 radical (unpaired) electrons. The van der Waals surface area contributed by atoms with E-state index in [2.05, 4.69) is 33.8 Å². The summed E-state index contributed by atoms with van der Waals surface area (Å²) in [6, 6.07) is 1.53. The van der Waals surface area contributed by atoms with Gasteiger partial charge in [0, 0.05) is 11.3 Å². The van der Waals surface area contributed by atoms with Gasteiger partial charge < -0.3 is 19.7 Å². The van der Waals surface area contributed by atoms with Crippen molar-refractivity contribution in [3.63, 3.8) is 0 Å². The maximum Gasteiger partial charge on any atom is 0.218 e. The Labute approximate surface area is 178 Å². The minimum atomic E-state index is -0.390. The molecule has 0 amide bonds. The number of rotatable bonds is 0. The average molecular weight is 422 g/mol. The van der Waals surface area contributed by atoms with Gasteiger partial charge in [-0.3, -0.25) is 0 Å². The molecule has 3 aliphatic rings. The lowest BCUT2D eigenvalue weighted by molar-refractivity contribution is 0.115. The van der Waals surface area contributed by atoms with Crippen LogP contribution in [0.1, 0.15) is 37.3 Å². The van der Waals surface area contributed by atoms with Crippen molar-refractivity contribution >= 4 is 17.2 Å². The van der Waals surface area contributed by atoms with Gasteiger partial charge in [-0.2, -0.15) is 5.10 Å². The molecule has 9 heteroatoms. The summed E-state index contributed by atoms with van der Waals surface area (Å²) < 4.78 is 28.0. The first-order chi connectivity index (χ1) is 15.0. The van der Waals surface area contributed by atoms with Crippen LogP contribution in [0.2, 0.25) is 0 Å². The molecule has 0 unspecified atom stereocenters. The zero-order chi connectivity index (χ0) is 21.2. The quantitative estimate of drug-likeness (QED) is 0.597. The van der Waals surface area contributed by atoms with Crippen LogP contribution in [0, 0.1) is 5.82 Å². The molecule has 1 atom stereocenters. The van der Waals surface area contributed by atoms with Gasteiger partial charge in [0.2, 0.25) is 5.88 Å². The molecule has 1 aliphatic carbocycles. The molecule has 3 aromatic rings. The van der Waals surface area contributed by atoms with E-state index in [1.807, 2.05) is 6.20 Å². The number of aromatic nitrogens is 4. The molecular formula is C22H23FN6O2. The first kappa shape index (κ1) is 18.4. The monoisotopic (exact) mass is 422 g/mol. The molecule has 0 saturated heterocycles. The Hall–Kier alpha value is -3.36. The van der Waals surface area contributed by atoms with Crippen molar-refractivity contribution in [3.05, 3.63) is 48.2 Å². The lowest BCUT2D eigenvalue weighted by atomic mass is 9.77. The van der Waals surface area contributed by atoms with Crippen LogP contribution in [0.25, 0.3) is 11.3 Å². The van der Waals surface area contributed by atoms with Crippen molar-refractivity contribution in [2.75, 3.05) is 18.1 Å². The Kier molecular flexibility index (Phi) is 3.90. The highest BCUT2D eigenvalue weighted by Gasteiger charge is 2.39. The third-order valence-corrected chi connectivity index (χ3v) is 6.49. The zero-order valence-corrected chi connectivity index (χ0v) is 17.3. The van der Waals surface area contributed by atoms with E-state index in [0.717, 1.165) is 30.5 Å². The highest BCUT2D eigenvalue weighted by molar-refractivity contribution is 5.75. The molecule has 1 saturated carbocycles. The summed E-state index contributed by atoms with van der Waals surface area (Å²) in [6.07, 6.45) is 7.84. The van der Waals surface area contributed by atoms with Crippen LogP contribution >= 0.6 is 0 Å². The molecule has 0 aromatic carbocycles. The second kappa shape index (κ2) is 6.57. The summed E-state index contributed by atoms with van der Waals surface area (Å²) in [6.45, 7) is 7.65. The van der Waals surface area contributed by atoms with Crippen LogP contribution in [-0.2, 0) is 6.54 Å². The lowest BCUT2D eigenvalue weighted by Gasteiger charge is -2.43. The van der Waals surface area contributed by atoms with Gasteiger partial charge in [0.1, 0.15) is 19.0 Å². The van der Waals surface area contributed by atoms with E-state index in [-0.39, 0.29) is 17.4 Å². The van der Waals surface area contributed by atoms with E-state index in [1.165, 1.54) is 12.3 Å². The average Bonchev–Trinajstić information content (AvgIpc) is 3.14. The van der Waals surface area contributed by atoms with Crippen LogP contribution in [0.3, 0.4) is 0 Å². The number of hydrogen-bond donors (Lipinski definition) is 1. The number of anilines is 1. The van der Waals surface area contributed by atoms with E-state index < -0.39 is 0 Å². The minimum Gasteiger partial charge on any atom is -0.486 e. The second-order valence-corrected chi connectivity index (χ2v) is 8.69. The molecular weight excluding hydrogens is 399 g/mol. The minimum absolute atomic E-state index is 0.0365. The molecule has 2 bridgehead atoms. The number of hydrogen-bond acceptors (Lipinski definition) is 7. The summed E-state index contributed by atoms with van der Waals surface area (Å²) in [5, 5.41) is 8.03. The van der Waals surface area contributed by atoms with Gasteiger partial charge >= 0.3 is 0 Å². The van der Waals surface area contributed by atoms with Crippen molar-refractivity contribution in [2.45, 2.75) is 44.3 Å². The topological polar surface area (TPSA) is 76.8 Å². The maximum atomic E-state index is 14.1. The zero-order valence-electron chi connectivity index (χ0n) is 17.3. The van der Waals surface area contributed by atoms with E-state index in [4.69, 9.17) is 14.5 Å². The number of fused-ring (bicyclic) bond motifs is 1. The Bertz CT molecular complexity index is 1200. The Morgan fingerprint density at radius 2 is 2.16 bits per heavy atom. The van der Waals surface area contributed by atoms with Crippen LogP contribution in [0.4, 0.5) is 10.2 Å². The summed E-state index contributed by atoms with van der Waals surface area (Å²) in [5.41, 5.74) is 2.75. The standard InChI is InChI=1S/C22H23FN6O2/c1-13-11-30-18-10-29-19-17(8-25-29)14(2)27-22(4-3-5-22)12-31-21-15(6-16(23)7-24-21)9-28(13)20(18)26-19/h6-8,10,13,27H,2-5,9,11-12H2,1H3/t13-/m1/s1. The van der Waals surface area contributed by atoms with Crippen LogP contribution in [0.5, 0.6) is 11.6 Å². The molecule has 3 aromatic heterocycles. The summed E-state index contributed by atoms with van der Waals surface area (Å²) in [5.74, 6) is 1.38. The van der Waals surface area contributed by atoms with Gasteiger partial charge in [-0.1, -0.05) is 6.58 Å². The van der Waals surface area contributed by atoms with Crippen molar-refractivity contribution in [2.24, 2.45) is 0 Å². The number of pyridine rings is 1.